The van der Waals surface area contributed by atoms with Crippen molar-refractivity contribution < 1.29 is 23.1 Å². The predicted molar refractivity (Wildman–Crippen MR) is 74.4 cm³/mol. The van der Waals surface area contributed by atoms with Crippen molar-refractivity contribution in [3.05, 3.63) is 59.9 Å². The first-order valence-electron chi connectivity index (χ1n) is 6.29. The standard InChI is InChI=1S/C15H12F2N2O3/c1-10(11-4-6-18-7-5-11)19-22-15(20)9-21-14-3-2-12(16)8-13(14)17/h2-8H,9H2,1H3/b19-10+. The van der Waals surface area contributed by atoms with Gasteiger partial charge in [-0.2, -0.15) is 0 Å². The lowest BCUT2D eigenvalue weighted by Crippen LogP contribution is -2.14. The Morgan fingerprint density at radius 1 is 1.23 bits per heavy atom. The molecule has 0 amide bonds. The smallest absolute Gasteiger partial charge is 0.372 e. The van der Waals surface area contributed by atoms with Gasteiger partial charge in [0.2, 0.25) is 0 Å². The molecule has 22 heavy (non-hydrogen) atoms. The van der Waals surface area contributed by atoms with Crippen LogP contribution in [0.4, 0.5) is 8.78 Å². The molecular formula is C15H12F2N2O3. The van der Waals surface area contributed by atoms with Crippen LogP contribution in [0, 0.1) is 11.6 Å². The van der Waals surface area contributed by atoms with Gasteiger partial charge in [-0.3, -0.25) is 4.98 Å². The topological polar surface area (TPSA) is 60.8 Å². The molecule has 0 saturated heterocycles. The lowest BCUT2D eigenvalue weighted by molar-refractivity contribution is -0.146. The Hall–Kier alpha value is -2.83. The number of pyridine rings is 1. The zero-order chi connectivity index (χ0) is 15.9. The van der Waals surface area contributed by atoms with Crippen LogP contribution < -0.4 is 4.74 Å². The lowest BCUT2D eigenvalue weighted by atomic mass is 10.2. The van der Waals surface area contributed by atoms with Crippen LogP contribution in [-0.4, -0.2) is 23.3 Å². The van der Waals surface area contributed by atoms with Crippen molar-refractivity contribution >= 4 is 11.7 Å². The highest BCUT2D eigenvalue weighted by molar-refractivity contribution is 5.98. The maximum Gasteiger partial charge on any atom is 0.372 e. The number of benzene rings is 1. The second-order valence-corrected chi connectivity index (χ2v) is 4.24. The Morgan fingerprint density at radius 3 is 2.64 bits per heavy atom. The predicted octanol–water partition coefficient (Wildman–Crippen LogP) is 2.71. The molecule has 0 saturated carbocycles. The van der Waals surface area contributed by atoms with Crippen molar-refractivity contribution in [2.45, 2.75) is 6.92 Å². The number of carbonyl (C=O) groups is 1. The van der Waals surface area contributed by atoms with Crippen molar-refractivity contribution in [1.82, 2.24) is 4.98 Å². The van der Waals surface area contributed by atoms with E-state index in [2.05, 4.69) is 15.0 Å². The Bertz CT molecular complexity index is 690. The molecule has 1 heterocycles. The summed E-state index contributed by atoms with van der Waals surface area (Å²) in [7, 11) is 0. The van der Waals surface area contributed by atoms with E-state index in [1.807, 2.05) is 0 Å². The van der Waals surface area contributed by atoms with Crippen LogP contribution in [0.1, 0.15) is 12.5 Å². The molecule has 0 N–H and O–H groups in total. The van der Waals surface area contributed by atoms with Gasteiger partial charge >= 0.3 is 5.97 Å². The molecule has 0 aliphatic heterocycles. The second-order valence-electron chi connectivity index (χ2n) is 4.24. The van der Waals surface area contributed by atoms with Crippen molar-refractivity contribution in [2.75, 3.05) is 6.61 Å². The van der Waals surface area contributed by atoms with E-state index in [0.29, 0.717) is 11.8 Å². The molecule has 0 bridgehead atoms. The third kappa shape index (κ3) is 4.34. The van der Waals surface area contributed by atoms with Gasteiger partial charge in [-0.25, -0.2) is 13.6 Å². The summed E-state index contributed by atoms with van der Waals surface area (Å²) >= 11 is 0. The molecule has 0 fully saturated rings. The monoisotopic (exact) mass is 306 g/mol. The number of carbonyl (C=O) groups excluding carboxylic acids is 1. The highest BCUT2D eigenvalue weighted by Gasteiger charge is 2.09. The summed E-state index contributed by atoms with van der Waals surface area (Å²) in [6.45, 7) is 1.11. The van der Waals surface area contributed by atoms with Crippen molar-refractivity contribution in [3.63, 3.8) is 0 Å². The lowest BCUT2D eigenvalue weighted by Gasteiger charge is -2.05. The van der Waals surface area contributed by atoms with Crippen LogP contribution in [0.5, 0.6) is 5.75 Å². The summed E-state index contributed by atoms with van der Waals surface area (Å²) in [5.41, 5.74) is 1.22. The van der Waals surface area contributed by atoms with Crippen molar-refractivity contribution in [1.29, 1.82) is 0 Å². The van der Waals surface area contributed by atoms with Gasteiger partial charge in [-0.05, 0) is 31.2 Å². The van der Waals surface area contributed by atoms with E-state index in [9.17, 15) is 13.6 Å². The zero-order valence-electron chi connectivity index (χ0n) is 11.6. The number of halogens is 2. The molecule has 0 radical (unpaired) electrons. The molecule has 0 aliphatic rings. The highest BCUT2D eigenvalue weighted by Crippen LogP contribution is 2.17. The molecule has 0 aliphatic carbocycles. The second kappa shape index (κ2) is 7.26. The van der Waals surface area contributed by atoms with Crippen LogP contribution in [-0.2, 0) is 9.63 Å². The molecule has 0 atom stereocenters. The van der Waals surface area contributed by atoms with E-state index in [0.717, 1.165) is 17.7 Å². The number of hydrogen-bond donors (Lipinski definition) is 0. The van der Waals surface area contributed by atoms with Crippen LogP contribution in [0.3, 0.4) is 0 Å². The Morgan fingerprint density at radius 2 is 1.95 bits per heavy atom. The van der Waals surface area contributed by atoms with Gasteiger partial charge < -0.3 is 9.57 Å². The minimum Gasteiger partial charge on any atom is -0.479 e. The molecule has 2 rings (SSSR count). The zero-order valence-corrected chi connectivity index (χ0v) is 11.6. The Balaban J connectivity index is 1.88. The third-order valence-corrected chi connectivity index (χ3v) is 2.62. The molecule has 0 spiro atoms. The van der Waals surface area contributed by atoms with E-state index < -0.39 is 24.2 Å². The van der Waals surface area contributed by atoms with Crippen molar-refractivity contribution in [2.24, 2.45) is 5.16 Å². The number of hydrogen-bond acceptors (Lipinski definition) is 5. The van der Waals surface area contributed by atoms with Gasteiger partial charge in [0, 0.05) is 24.0 Å². The van der Waals surface area contributed by atoms with Crippen LogP contribution in [0.25, 0.3) is 0 Å². The minimum absolute atomic E-state index is 0.242. The van der Waals surface area contributed by atoms with E-state index >= 15 is 0 Å². The maximum atomic E-state index is 13.3. The molecule has 1 aromatic carbocycles. The number of rotatable bonds is 5. The quantitative estimate of drug-likeness (QED) is 0.484. The molecule has 1 aromatic heterocycles. The fourth-order valence-corrected chi connectivity index (χ4v) is 1.52. The molecule has 114 valence electrons. The number of nitrogens with zero attached hydrogens (tertiary/aromatic N) is 2. The van der Waals surface area contributed by atoms with E-state index in [4.69, 9.17) is 4.74 Å². The number of oxime groups is 1. The minimum atomic E-state index is -0.899. The van der Waals surface area contributed by atoms with E-state index in [1.165, 1.54) is 0 Å². The van der Waals surface area contributed by atoms with E-state index in [-0.39, 0.29) is 5.75 Å². The first-order chi connectivity index (χ1) is 10.6. The molecular weight excluding hydrogens is 294 g/mol. The third-order valence-electron chi connectivity index (χ3n) is 2.62. The van der Waals surface area contributed by atoms with Crippen LogP contribution in [0.15, 0.2) is 47.9 Å². The first kappa shape index (κ1) is 15.6. The van der Waals surface area contributed by atoms with Crippen molar-refractivity contribution in [3.8, 4) is 5.75 Å². The first-order valence-corrected chi connectivity index (χ1v) is 6.29. The molecule has 5 nitrogen and oxygen atoms in total. The SMILES string of the molecule is C/C(=N\OC(=O)COc1ccc(F)cc1F)c1ccncc1. The fraction of sp³-hybridized carbons (Fsp3) is 0.133. The summed E-state index contributed by atoms with van der Waals surface area (Å²) in [4.78, 5) is 20.0. The van der Waals surface area contributed by atoms with E-state index in [1.54, 1.807) is 31.5 Å². The fourth-order valence-electron chi connectivity index (χ4n) is 1.52. The summed E-state index contributed by atoms with van der Waals surface area (Å²) in [6, 6.07) is 6.18. The van der Waals surface area contributed by atoms with Gasteiger partial charge in [-0.15, -0.1) is 0 Å². The average molecular weight is 306 g/mol. The number of aromatic nitrogens is 1. The van der Waals surface area contributed by atoms with Gasteiger partial charge in [-0.1, -0.05) is 5.16 Å². The van der Waals surface area contributed by atoms with Gasteiger partial charge in [0.25, 0.3) is 0 Å². The summed E-state index contributed by atoms with van der Waals surface area (Å²) in [6.07, 6.45) is 3.16. The van der Waals surface area contributed by atoms with Gasteiger partial charge in [0.05, 0.1) is 5.71 Å². The normalized spacial score (nSPS) is 11.1. The summed E-state index contributed by atoms with van der Waals surface area (Å²) in [5, 5.41) is 3.65. The van der Waals surface area contributed by atoms with Crippen LogP contribution in [0.2, 0.25) is 0 Å². The number of ether oxygens (including phenoxy) is 1. The summed E-state index contributed by atoms with van der Waals surface area (Å²) in [5.74, 6) is -2.68. The van der Waals surface area contributed by atoms with Gasteiger partial charge in [0.15, 0.2) is 18.2 Å². The Labute approximate surface area is 125 Å². The van der Waals surface area contributed by atoms with Crippen LogP contribution >= 0.6 is 0 Å². The molecule has 2 aromatic rings. The Kier molecular flexibility index (Phi) is 5.13. The average Bonchev–Trinajstić information content (AvgIpc) is 2.52. The highest BCUT2D eigenvalue weighted by atomic mass is 19.1. The molecule has 0 unspecified atom stereocenters. The van der Waals surface area contributed by atoms with Gasteiger partial charge in [0.1, 0.15) is 5.82 Å². The molecule has 7 heteroatoms. The maximum absolute atomic E-state index is 13.3. The summed E-state index contributed by atoms with van der Waals surface area (Å²) < 4.78 is 30.9. The largest absolute Gasteiger partial charge is 0.479 e.